The summed E-state index contributed by atoms with van der Waals surface area (Å²) >= 11 is 0. The molecule has 0 amide bonds. The lowest BCUT2D eigenvalue weighted by atomic mass is 9.99. The molecule has 0 aromatic rings. The molecule has 3 N–H and O–H groups in total. The van der Waals surface area contributed by atoms with Gasteiger partial charge in [0.15, 0.2) is 12.2 Å². The summed E-state index contributed by atoms with van der Waals surface area (Å²) in [6.07, 6.45) is 47.1. The number of aliphatic hydroxyl groups is 1. The van der Waals surface area contributed by atoms with Crippen molar-refractivity contribution in [1.29, 1.82) is 0 Å². The van der Waals surface area contributed by atoms with E-state index in [-0.39, 0.29) is 25.7 Å². The Balaban J connectivity index is 5.28. The monoisotopic (exact) mass is 1370 g/mol. The van der Waals surface area contributed by atoms with Crippen LogP contribution in [0.4, 0.5) is 0 Å². The summed E-state index contributed by atoms with van der Waals surface area (Å²) in [4.78, 5) is 72.8. The highest BCUT2D eigenvalue weighted by atomic mass is 31.2. The van der Waals surface area contributed by atoms with E-state index in [9.17, 15) is 43.2 Å². The smallest absolute Gasteiger partial charge is 0.462 e. The van der Waals surface area contributed by atoms with E-state index in [2.05, 4.69) is 55.4 Å². The molecule has 17 nitrogen and oxygen atoms in total. The highest BCUT2D eigenvalue weighted by Gasteiger charge is 2.30. The Hall–Kier alpha value is -1.94. The SMILES string of the molecule is CCC(C)CCCCCCCCCCCCC(=O)O[C@H](COC(=O)CCCCCCCCCCCCCC(C)C)COP(=O)(O)OCC(O)COP(=O)(O)OC[C@@H](COC(=O)CCCCCCCCCCC(C)C)OC(=O)CCCCCCCCCCCCCC(C)C. The van der Waals surface area contributed by atoms with Crippen LogP contribution in [0.2, 0.25) is 0 Å². The second-order valence-corrected chi connectivity index (χ2v) is 31.3. The van der Waals surface area contributed by atoms with E-state index < -0.39 is 97.5 Å². The summed E-state index contributed by atoms with van der Waals surface area (Å²) in [6, 6.07) is 0. The normalized spacial score (nSPS) is 14.5. The minimum atomic E-state index is -4.96. The highest BCUT2D eigenvalue weighted by Crippen LogP contribution is 2.45. The molecule has 0 aliphatic carbocycles. The third-order valence-electron chi connectivity index (χ3n) is 17.4. The molecule has 6 atom stereocenters. The molecule has 0 aliphatic rings. The van der Waals surface area contributed by atoms with Crippen LogP contribution in [0.3, 0.4) is 0 Å². The van der Waals surface area contributed by atoms with E-state index in [0.717, 1.165) is 114 Å². The van der Waals surface area contributed by atoms with Gasteiger partial charge >= 0.3 is 39.5 Å². The maximum Gasteiger partial charge on any atom is 0.472 e. The number of hydrogen-bond acceptors (Lipinski definition) is 15. The zero-order chi connectivity index (χ0) is 68.9. The first-order valence-electron chi connectivity index (χ1n) is 38.2. The van der Waals surface area contributed by atoms with Gasteiger partial charge in [0, 0.05) is 25.7 Å². The van der Waals surface area contributed by atoms with Crippen LogP contribution in [0.25, 0.3) is 0 Å². The first-order chi connectivity index (χ1) is 44.6. The molecule has 0 saturated heterocycles. The predicted octanol–water partition coefficient (Wildman–Crippen LogP) is 21.3. The van der Waals surface area contributed by atoms with E-state index in [1.165, 1.54) is 173 Å². The van der Waals surface area contributed by atoms with Crippen molar-refractivity contribution >= 4 is 39.5 Å². The van der Waals surface area contributed by atoms with Gasteiger partial charge in [-0.05, 0) is 49.4 Å². The number of rotatable bonds is 71. The van der Waals surface area contributed by atoms with Crippen molar-refractivity contribution in [3.63, 3.8) is 0 Å². The summed E-state index contributed by atoms with van der Waals surface area (Å²) in [5.74, 6) is 0.942. The first-order valence-corrected chi connectivity index (χ1v) is 41.2. The summed E-state index contributed by atoms with van der Waals surface area (Å²) in [6.45, 7) is 14.2. The quantitative estimate of drug-likeness (QED) is 0.0222. The minimum absolute atomic E-state index is 0.105. The van der Waals surface area contributed by atoms with Gasteiger partial charge in [0.25, 0.3) is 0 Å². The van der Waals surface area contributed by atoms with Crippen molar-refractivity contribution in [1.82, 2.24) is 0 Å². The van der Waals surface area contributed by atoms with Gasteiger partial charge in [-0.1, -0.05) is 319 Å². The lowest BCUT2D eigenvalue weighted by Crippen LogP contribution is -2.30. The number of carbonyl (C=O) groups excluding carboxylic acids is 4. The maximum atomic E-state index is 13.1. The van der Waals surface area contributed by atoms with Gasteiger partial charge in [-0.2, -0.15) is 0 Å². The van der Waals surface area contributed by atoms with E-state index in [0.29, 0.717) is 25.7 Å². The maximum absolute atomic E-state index is 13.1. The van der Waals surface area contributed by atoms with Crippen LogP contribution in [0, 0.1) is 23.7 Å². The van der Waals surface area contributed by atoms with Crippen molar-refractivity contribution in [3.8, 4) is 0 Å². The molecule has 0 bridgehead atoms. The van der Waals surface area contributed by atoms with Gasteiger partial charge in [0.1, 0.15) is 19.3 Å². The zero-order valence-electron chi connectivity index (χ0n) is 60.9. The van der Waals surface area contributed by atoms with Crippen molar-refractivity contribution in [2.45, 2.75) is 388 Å². The number of carbonyl (C=O) groups is 4. The Kier molecular flexibility index (Phi) is 62.2. The molecule has 0 aromatic carbocycles. The largest absolute Gasteiger partial charge is 0.472 e. The Morgan fingerprint density at radius 3 is 0.763 bits per heavy atom. The Morgan fingerprint density at radius 1 is 0.301 bits per heavy atom. The molecule has 0 heterocycles. The predicted molar refractivity (Wildman–Crippen MR) is 377 cm³/mol. The molecule has 19 heteroatoms. The van der Waals surface area contributed by atoms with Crippen LogP contribution in [-0.2, 0) is 65.4 Å². The molecule has 0 spiro atoms. The highest BCUT2D eigenvalue weighted by molar-refractivity contribution is 7.47. The second-order valence-electron chi connectivity index (χ2n) is 28.4. The first kappa shape index (κ1) is 91.1. The van der Waals surface area contributed by atoms with E-state index in [1.54, 1.807) is 0 Å². The van der Waals surface area contributed by atoms with E-state index in [1.807, 2.05) is 0 Å². The molecule has 0 saturated carbocycles. The number of esters is 4. The lowest BCUT2D eigenvalue weighted by Gasteiger charge is -2.21. The number of ether oxygens (including phenoxy) is 4. The van der Waals surface area contributed by atoms with Crippen molar-refractivity contribution in [3.05, 3.63) is 0 Å². The van der Waals surface area contributed by atoms with Crippen LogP contribution in [0.1, 0.15) is 370 Å². The Labute approximate surface area is 568 Å². The van der Waals surface area contributed by atoms with Crippen molar-refractivity contribution < 1.29 is 80.2 Å². The molecular weight excluding hydrogens is 1220 g/mol. The summed E-state index contributed by atoms with van der Waals surface area (Å²) in [7, 11) is -9.91. The van der Waals surface area contributed by atoms with Gasteiger partial charge in [-0.25, -0.2) is 9.13 Å². The van der Waals surface area contributed by atoms with Crippen LogP contribution >= 0.6 is 15.6 Å². The lowest BCUT2D eigenvalue weighted by molar-refractivity contribution is -0.161. The summed E-state index contributed by atoms with van der Waals surface area (Å²) in [5.41, 5.74) is 0. The second kappa shape index (κ2) is 63.5. The number of phosphoric acid groups is 2. The average molecular weight is 1370 g/mol. The molecule has 552 valence electrons. The molecular formula is C74H144O17P2. The van der Waals surface area contributed by atoms with Gasteiger partial charge in [-0.15, -0.1) is 0 Å². The fourth-order valence-electron chi connectivity index (χ4n) is 11.2. The van der Waals surface area contributed by atoms with E-state index in [4.69, 9.17) is 37.0 Å². The van der Waals surface area contributed by atoms with Gasteiger partial charge in [0.05, 0.1) is 26.4 Å². The fourth-order valence-corrected chi connectivity index (χ4v) is 12.7. The van der Waals surface area contributed by atoms with Crippen molar-refractivity contribution in [2.24, 2.45) is 23.7 Å². The zero-order valence-corrected chi connectivity index (χ0v) is 62.7. The fraction of sp³-hybridized carbons (Fsp3) is 0.946. The number of aliphatic hydroxyl groups excluding tert-OH is 1. The molecule has 0 aromatic heterocycles. The molecule has 0 fully saturated rings. The van der Waals surface area contributed by atoms with Crippen LogP contribution in [0.15, 0.2) is 0 Å². The standard InChI is InChI=1S/C74H144O17P2/c1-9-67(8)53-45-37-29-20-16-17-23-33-41-49-57-74(79)91-69(60-84-71(76)54-46-38-30-21-14-10-12-18-26-34-42-50-64(2)3)62-88-92(80,81)86-58-68(75)59-87-93(82,83)89-63-70(61-85-72(77)55-47-39-31-25-24-28-36-44-52-66(6)7)90-73(78)56-48-40-32-22-15-11-13-19-27-35-43-51-65(4)5/h64-70,75H,9-63H2,1-8H3,(H,80,81)(H,82,83)/t67?,68?,69-,70-/m1/s1. The summed E-state index contributed by atoms with van der Waals surface area (Å²) < 4.78 is 68.5. The Morgan fingerprint density at radius 2 is 0.516 bits per heavy atom. The molecule has 0 rings (SSSR count). The third-order valence-corrected chi connectivity index (χ3v) is 19.3. The number of unbranched alkanes of at least 4 members (excludes halogenated alkanes) is 36. The Bertz CT molecular complexity index is 1840. The van der Waals surface area contributed by atoms with Crippen LogP contribution < -0.4 is 0 Å². The van der Waals surface area contributed by atoms with E-state index >= 15 is 0 Å². The van der Waals surface area contributed by atoms with Crippen molar-refractivity contribution in [2.75, 3.05) is 39.6 Å². The van der Waals surface area contributed by atoms with Gasteiger partial charge < -0.3 is 33.8 Å². The third kappa shape index (κ3) is 67.0. The summed E-state index contributed by atoms with van der Waals surface area (Å²) in [5, 5.41) is 10.6. The number of phosphoric ester groups is 2. The topological polar surface area (TPSA) is 237 Å². The molecule has 93 heavy (non-hydrogen) atoms. The van der Waals surface area contributed by atoms with Gasteiger partial charge in [-0.3, -0.25) is 37.3 Å². The van der Waals surface area contributed by atoms with Crippen LogP contribution in [-0.4, -0.2) is 96.7 Å². The van der Waals surface area contributed by atoms with Crippen LogP contribution in [0.5, 0.6) is 0 Å². The van der Waals surface area contributed by atoms with Gasteiger partial charge in [0.2, 0.25) is 0 Å². The molecule has 0 radical (unpaired) electrons. The number of hydrogen-bond donors (Lipinski definition) is 3. The average Bonchev–Trinajstić information content (AvgIpc) is 2.08. The minimum Gasteiger partial charge on any atom is -0.462 e. The molecule has 0 aliphatic heterocycles. The molecule has 4 unspecified atom stereocenters.